The monoisotopic (exact) mass is 363 g/mol. The number of aromatic nitrogens is 1. The van der Waals surface area contributed by atoms with Gasteiger partial charge in [0.25, 0.3) is 11.8 Å². The van der Waals surface area contributed by atoms with Crippen LogP contribution < -0.4 is 10.2 Å². The summed E-state index contributed by atoms with van der Waals surface area (Å²) in [5, 5.41) is 2.75. The summed E-state index contributed by atoms with van der Waals surface area (Å²) in [4.78, 5) is 30.5. The standard InChI is InChI=1S/C21H18FN3O2/c1-25(18-5-3-2-4-6-18)21(27)19-13-16(11-12-23-19)20(26)24-14-15-7-9-17(22)10-8-15/h2-13H,14H2,1H3,(H,24,26). The van der Waals surface area contributed by atoms with Crippen molar-refractivity contribution < 1.29 is 14.0 Å². The summed E-state index contributed by atoms with van der Waals surface area (Å²) in [7, 11) is 1.65. The molecule has 0 aliphatic heterocycles. The van der Waals surface area contributed by atoms with Crippen molar-refractivity contribution in [2.24, 2.45) is 0 Å². The maximum Gasteiger partial charge on any atom is 0.276 e. The molecular weight excluding hydrogens is 345 g/mol. The van der Waals surface area contributed by atoms with Gasteiger partial charge in [0.15, 0.2) is 0 Å². The van der Waals surface area contributed by atoms with E-state index in [1.807, 2.05) is 30.3 Å². The maximum atomic E-state index is 12.9. The van der Waals surface area contributed by atoms with E-state index < -0.39 is 0 Å². The molecule has 3 aromatic rings. The number of carbonyl (C=O) groups excluding carboxylic acids is 2. The SMILES string of the molecule is CN(C(=O)c1cc(C(=O)NCc2ccc(F)cc2)ccn1)c1ccccc1. The lowest BCUT2D eigenvalue weighted by Crippen LogP contribution is -2.28. The molecule has 0 aliphatic carbocycles. The van der Waals surface area contributed by atoms with Crippen molar-refractivity contribution >= 4 is 17.5 Å². The number of para-hydroxylation sites is 1. The zero-order chi connectivity index (χ0) is 19.2. The van der Waals surface area contributed by atoms with Gasteiger partial charge >= 0.3 is 0 Å². The first-order valence-corrected chi connectivity index (χ1v) is 8.36. The smallest absolute Gasteiger partial charge is 0.276 e. The molecule has 1 aromatic heterocycles. The van der Waals surface area contributed by atoms with Gasteiger partial charge in [-0.2, -0.15) is 0 Å². The van der Waals surface area contributed by atoms with Gasteiger partial charge in [-0.3, -0.25) is 14.6 Å². The van der Waals surface area contributed by atoms with Gasteiger partial charge in [-0.25, -0.2) is 4.39 Å². The molecule has 0 atom stereocenters. The molecule has 2 aromatic carbocycles. The summed E-state index contributed by atoms with van der Waals surface area (Å²) in [5.41, 5.74) is 2.02. The van der Waals surface area contributed by atoms with E-state index in [1.165, 1.54) is 29.3 Å². The zero-order valence-corrected chi connectivity index (χ0v) is 14.7. The Morgan fingerprint density at radius 3 is 2.44 bits per heavy atom. The number of pyridine rings is 1. The fraction of sp³-hybridized carbons (Fsp3) is 0.0952. The minimum atomic E-state index is -0.335. The fourth-order valence-electron chi connectivity index (χ4n) is 2.52. The zero-order valence-electron chi connectivity index (χ0n) is 14.7. The summed E-state index contributed by atoms with van der Waals surface area (Å²) in [6, 6.07) is 18.1. The van der Waals surface area contributed by atoms with Crippen LogP contribution in [-0.4, -0.2) is 23.8 Å². The molecule has 0 spiro atoms. The highest BCUT2D eigenvalue weighted by Crippen LogP contribution is 2.14. The quantitative estimate of drug-likeness (QED) is 0.755. The third-order valence-electron chi connectivity index (χ3n) is 4.06. The summed E-state index contributed by atoms with van der Waals surface area (Å²) >= 11 is 0. The lowest BCUT2D eigenvalue weighted by molar-refractivity contribution is 0.0951. The highest BCUT2D eigenvalue weighted by atomic mass is 19.1. The minimum Gasteiger partial charge on any atom is -0.348 e. The first-order valence-electron chi connectivity index (χ1n) is 8.36. The normalized spacial score (nSPS) is 10.3. The van der Waals surface area contributed by atoms with Crippen LogP contribution in [0.2, 0.25) is 0 Å². The van der Waals surface area contributed by atoms with E-state index in [9.17, 15) is 14.0 Å². The van der Waals surface area contributed by atoms with Gasteiger partial charge in [0.2, 0.25) is 0 Å². The molecule has 0 radical (unpaired) electrons. The summed E-state index contributed by atoms with van der Waals surface area (Å²) in [6.07, 6.45) is 1.43. The number of halogens is 1. The Labute approximate surface area is 156 Å². The number of nitrogens with one attached hydrogen (secondary N) is 1. The van der Waals surface area contributed by atoms with Gasteiger partial charge < -0.3 is 10.2 Å². The number of hydrogen-bond acceptors (Lipinski definition) is 3. The van der Waals surface area contributed by atoms with Gasteiger partial charge in [0.05, 0.1) is 0 Å². The number of benzene rings is 2. The maximum absolute atomic E-state index is 12.9. The molecule has 0 saturated carbocycles. The Hall–Kier alpha value is -3.54. The third kappa shape index (κ3) is 4.55. The number of anilines is 1. The second kappa shape index (κ2) is 8.23. The molecule has 2 amide bonds. The predicted octanol–water partition coefficient (Wildman–Crippen LogP) is 3.43. The molecular formula is C21H18FN3O2. The molecule has 0 aliphatic rings. The van der Waals surface area contributed by atoms with Crippen LogP contribution in [-0.2, 0) is 6.54 Å². The van der Waals surface area contributed by atoms with Crippen molar-refractivity contribution in [1.82, 2.24) is 10.3 Å². The van der Waals surface area contributed by atoms with Crippen LogP contribution >= 0.6 is 0 Å². The molecule has 5 nitrogen and oxygen atoms in total. The fourth-order valence-corrected chi connectivity index (χ4v) is 2.52. The molecule has 1 N–H and O–H groups in total. The highest BCUT2D eigenvalue weighted by Gasteiger charge is 2.16. The van der Waals surface area contributed by atoms with Gasteiger partial charge in [0, 0.05) is 31.0 Å². The summed E-state index contributed by atoms with van der Waals surface area (Å²) in [5.74, 6) is -0.975. The van der Waals surface area contributed by atoms with Gasteiger partial charge in [0.1, 0.15) is 11.5 Å². The van der Waals surface area contributed by atoms with Crippen molar-refractivity contribution in [2.45, 2.75) is 6.54 Å². The van der Waals surface area contributed by atoms with E-state index >= 15 is 0 Å². The van der Waals surface area contributed by atoms with E-state index in [2.05, 4.69) is 10.3 Å². The number of amides is 2. The van der Waals surface area contributed by atoms with Crippen molar-refractivity contribution in [1.29, 1.82) is 0 Å². The van der Waals surface area contributed by atoms with Crippen LogP contribution in [0.5, 0.6) is 0 Å². The van der Waals surface area contributed by atoms with Crippen LogP contribution in [0.3, 0.4) is 0 Å². The average molecular weight is 363 g/mol. The second-order valence-corrected chi connectivity index (χ2v) is 5.94. The summed E-state index contributed by atoms with van der Waals surface area (Å²) < 4.78 is 12.9. The average Bonchev–Trinajstić information content (AvgIpc) is 2.72. The number of nitrogens with zero attached hydrogens (tertiary/aromatic N) is 2. The Balaban J connectivity index is 1.70. The predicted molar refractivity (Wildman–Crippen MR) is 101 cm³/mol. The third-order valence-corrected chi connectivity index (χ3v) is 4.06. The number of rotatable bonds is 5. The molecule has 27 heavy (non-hydrogen) atoms. The van der Waals surface area contributed by atoms with E-state index in [0.717, 1.165) is 11.3 Å². The van der Waals surface area contributed by atoms with E-state index in [0.29, 0.717) is 5.56 Å². The van der Waals surface area contributed by atoms with Crippen molar-refractivity contribution in [3.63, 3.8) is 0 Å². The highest BCUT2D eigenvalue weighted by molar-refractivity contribution is 6.06. The van der Waals surface area contributed by atoms with Crippen LogP contribution in [0.4, 0.5) is 10.1 Å². The van der Waals surface area contributed by atoms with Gasteiger partial charge in [-0.05, 0) is 42.0 Å². The molecule has 0 fully saturated rings. The molecule has 136 valence electrons. The number of carbonyl (C=O) groups is 2. The van der Waals surface area contributed by atoms with Gasteiger partial charge in [-0.1, -0.05) is 30.3 Å². The topological polar surface area (TPSA) is 62.3 Å². The second-order valence-electron chi connectivity index (χ2n) is 5.94. The van der Waals surface area contributed by atoms with E-state index in [1.54, 1.807) is 25.2 Å². The van der Waals surface area contributed by atoms with Crippen LogP contribution in [0.25, 0.3) is 0 Å². The Bertz CT molecular complexity index is 943. The Morgan fingerprint density at radius 1 is 1.04 bits per heavy atom. The van der Waals surface area contributed by atoms with Crippen LogP contribution in [0.1, 0.15) is 26.4 Å². The van der Waals surface area contributed by atoms with E-state index in [-0.39, 0.29) is 29.9 Å². The Morgan fingerprint density at radius 2 is 1.74 bits per heavy atom. The lowest BCUT2D eigenvalue weighted by atomic mass is 10.1. The first kappa shape index (κ1) is 18.3. The van der Waals surface area contributed by atoms with Crippen molar-refractivity contribution in [3.05, 3.63) is 95.6 Å². The first-order chi connectivity index (χ1) is 13.0. The number of hydrogen-bond donors (Lipinski definition) is 1. The summed E-state index contributed by atoms with van der Waals surface area (Å²) in [6.45, 7) is 0.259. The molecule has 1 heterocycles. The van der Waals surface area contributed by atoms with Crippen molar-refractivity contribution in [2.75, 3.05) is 11.9 Å². The van der Waals surface area contributed by atoms with Gasteiger partial charge in [-0.15, -0.1) is 0 Å². The molecule has 3 rings (SSSR count). The molecule has 6 heteroatoms. The molecule has 0 saturated heterocycles. The molecule has 0 unspecified atom stereocenters. The minimum absolute atomic E-state index is 0.177. The van der Waals surface area contributed by atoms with Crippen molar-refractivity contribution in [3.8, 4) is 0 Å². The van der Waals surface area contributed by atoms with Crippen LogP contribution in [0.15, 0.2) is 72.9 Å². The molecule has 0 bridgehead atoms. The largest absolute Gasteiger partial charge is 0.348 e. The Kier molecular flexibility index (Phi) is 5.56. The van der Waals surface area contributed by atoms with Crippen LogP contribution in [0, 0.1) is 5.82 Å². The van der Waals surface area contributed by atoms with E-state index in [4.69, 9.17) is 0 Å². The lowest BCUT2D eigenvalue weighted by Gasteiger charge is -2.17.